The molecule has 0 fully saturated rings. The van der Waals surface area contributed by atoms with Crippen LogP contribution in [-0.4, -0.2) is 60.4 Å². The molecule has 1 heterocycles. The molecule has 2 N–H and O–H groups in total. The van der Waals surface area contributed by atoms with E-state index in [0.717, 1.165) is 38.9 Å². The number of aromatic nitrogens is 3. The average Bonchev–Trinajstić information content (AvgIpc) is 2.52. The molecule has 7 heteroatoms. The summed E-state index contributed by atoms with van der Waals surface area (Å²) in [5.74, 6) is 1.97. The van der Waals surface area contributed by atoms with E-state index in [-0.39, 0.29) is 6.61 Å². The maximum absolute atomic E-state index is 8.81. The van der Waals surface area contributed by atoms with Gasteiger partial charge in [0.2, 0.25) is 17.8 Å². The van der Waals surface area contributed by atoms with Crippen LogP contribution in [0.3, 0.4) is 0 Å². The average molecular weight is 296 g/mol. The van der Waals surface area contributed by atoms with Gasteiger partial charge in [0, 0.05) is 40.3 Å². The molecule has 7 nitrogen and oxygen atoms in total. The van der Waals surface area contributed by atoms with Gasteiger partial charge < -0.3 is 20.2 Å². The van der Waals surface area contributed by atoms with Gasteiger partial charge in [-0.2, -0.15) is 15.0 Å². The number of aliphatic hydroxyl groups excluding tert-OH is 1. The Labute approximate surface area is 127 Å². The summed E-state index contributed by atoms with van der Waals surface area (Å²) >= 11 is 0. The van der Waals surface area contributed by atoms with Gasteiger partial charge in [-0.05, 0) is 33.1 Å². The third kappa shape index (κ3) is 5.34. The fourth-order valence-corrected chi connectivity index (χ4v) is 2.02. The molecule has 0 spiro atoms. The first-order valence-electron chi connectivity index (χ1n) is 7.67. The molecule has 0 radical (unpaired) electrons. The summed E-state index contributed by atoms with van der Waals surface area (Å²) in [4.78, 5) is 17.5. The Morgan fingerprint density at radius 2 is 1.67 bits per heavy atom. The summed E-state index contributed by atoms with van der Waals surface area (Å²) in [6.07, 6.45) is 2.86. The predicted molar refractivity (Wildman–Crippen MR) is 87.1 cm³/mol. The number of anilines is 3. The zero-order valence-electron chi connectivity index (χ0n) is 13.6. The highest BCUT2D eigenvalue weighted by Crippen LogP contribution is 2.16. The number of unbranched alkanes of at least 4 members (excludes halogenated alkanes) is 2. The molecule has 0 unspecified atom stereocenters. The zero-order chi connectivity index (χ0) is 15.7. The molecule has 0 bridgehead atoms. The number of hydrogen-bond donors (Lipinski definition) is 2. The lowest BCUT2D eigenvalue weighted by molar-refractivity contribution is 0.283. The highest BCUT2D eigenvalue weighted by Gasteiger charge is 2.13. The highest BCUT2D eigenvalue weighted by molar-refractivity contribution is 5.44. The Morgan fingerprint density at radius 3 is 2.24 bits per heavy atom. The van der Waals surface area contributed by atoms with Crippen molar-refractivity contribution in [3.05, 3.63) is 0 Å². The number of hydrogen-bond acceptors (Lipinski definition) is 7. The molecule has 0 aliphatic rings. The van der Waals surface area contributed by atoms with Crippen molar-refractivity contribution in [2.75, 3.05) is 55.5 Å². The first kappa shape index (κ1) is 17.4. The Hall–Kier alpha value is -1.63. The molecule has 1 aromatic rings. The van der Waals surface area contributed by atoms with Gasteiger partial charge in [0.15, 0.2) is 0 Å². The minimum atomic E-state index is 0.255. The quantitative estimate of drug-likeness (QED) is 0.631. The fourth-order valence-electron chi connectivity index (χ4n) is 2.02. The Morgan fingerprint density at radius 1 is 1.00 bits per heavy atom. The van der Waals surface area contributed by atoms with Crippen molar-refractivity contribution in [2.24, 2.45) is 0 Å². The first-order valence-corrected chi connectivity index (χ1v) is 7.67. The lowest BCUT2D eigenvalue weighted by Gasteiger charge is -2.22. The van der Waals surface area contributed by atoms with Gasteiger partial charge in [-0.25, -0.2) is 0 Å². The second-order valence-electron chi connectivity index (χ2n) is 4.89. The molecule has 0 aromatic carbocycles. The van der Waals surface area contributed by atoms with Crippen LogP contribution in [0.2, 0.25) is 0 Å². The van der Waals surface area contributed by atoms with E-state index in [9.17, 15) is 0 Å². The molecular formula is C14H28N6O. The molecule has 0 amide bonds. The van der Waals surface area contributed by atoms with Crippen molar-refractivity contribution in [3.63, 3.8) is 0 Å². The zero-order valence-corrected chi connectivity index (χ0v) is 13.6. The minimum Gasteiger partial charge on any atom is -0.396 e. The maximum atomic E-state index is 8.81. The molecular weight excluding hydrogens is 268 g/mol. The van der Waals surface area contributed by atoms with Gasteiger partial charge in [-0.15, -0.1) is 0 Å². The van der Waals surface area contributed by atoms with Crippen LogP contribution < -0.4 is 15.1 Å². The van der Waals surface area contributed by atoms with Crippen LogP contribution >= 0.6 is 0 Å². The monoisotopic (exact) mass is 296 g/mol. The second kappa shape index (κ2) is 9.33. The standard InChI is InChI=1S/C14H28N6O/c1-5-20(6-2)14-17-12(15-3)16-13(18-14)19(4)10-8-7-9-11-21/h21H,5-11H2,1-4H3,(H,15,16,17,18). The molecule has 0 saturated carbocycles. The van der Waals surface area contributed by atoms with E-state index in [1.165, 1.54) is 0 Å². The molecule has 21 heavy (non-hydrogen) atoms. The molecule has 0 atom stereocenters. The summed E-state index contributed by atoms with van der Waals surface area (Å²) in [7, 11) is 3.80. The van der Waals surface area contributed by atoms with E-state index in [2.05, 4.69) is 39.0 Å². The van der Waals surface area contributed by atoms with Gasteiger partial charge in [0.25, 0.3) is 0 Å². The largest absolute Gasteiger partial charge is 0.396 e. The summed E-state index contributed by atoms with van der Waals surface area (Å²) < 4.78 is 0. The number of nitrogens with one attached hydrogen (secondary N) is 1. The summed E-state index contributed by atoms with van der Waals surface area (Å²) in [6.45, 7) is 7.03. The summed E-state index contributed by atoms with van der Waals surface area (Å²) in [6, 6.07) is 0. The Balaban J connectivity index is 2.82. The number of nitrogens with zero attached hydrogens (tertiary/aromatic N) is 5. The normalized spacial score (nSPS) is 10.5. The topological polar surface area (TPSA) is 77.4 Å². The van der Waals surface area contributed by atoms with E-state index in [1.807, 2.05) is 19.0 Å². The van der Waals surface area contributed by atoms with Gasteiger partial charge >= 0.3 is 0 Å². The van der Waals surface area contributed by atoms with Crippen molar-refractivity contribution in [2.45, 2.75) is 33.1 Å². The van der Waals surface area contributed by atoms with Crippen LogP contribution in [0.1, 0.15) is 33.1 Å². The molecule has 0 aliphatic carbocycles. The summed E-state index contributed by atoms with van der Waals surface area (Å²) in [5, 5.41) is 11.8. The van der Waals surface area contributed by atoms with Crippen molar-refractivity contribution < 1.29 is 5.11 Å². The van der Waals surface area contributed by atoms with E-state index < -0.39 is 0 Å². The summed E-state index contributed by atoms with van der Waals surface area (Å²) in [5.41, 5.74) is 0. The van der Waals surface area contributed by atoms with E-state index >= 15 is 0 Å². The van der Waals surface area contributed by atoms with Crippen LogP contribution in [0.15, 0.2) is 0 Å². The van der Waals surface area contributed by atoms with Gasteiger partial charge in [0.05, 0.1) is 0 Å². The van der Waals surface area contributed by atoms with Crippen LogP contribution in [0.4, 0.5) is 17.8 Å². The lowest BCUT2D eigenvalue weighted by atomic mass is 10.2. The Kier molecular flexibility index (Phi) is 7.74. The minimum absolute atomic E-state index is 0.255. The fraction of sp³-hybridized carbons (Fsp3) is 0.786. The van der Waals surface area contributed by atoms with Crippen molar-refractivity contribution in [1.82, 2.24) is 15.0 Å². The van der Waals surface area contributed by atoms with Crippen molar-refractivity contribution >= 4 is 17.8 Å². The molecule has 0 aliphatic heterocycles. The van der Waals surface area contributed by atoms with Gasteiger partial charge in [-0.3, -0.25) is 0 Å². The molecule has 0 saturated heterocycles. The lowest BCUT2D eigenvalue weighted by Crippen LogP contribution is -2.27. The third-order valence-electron chi connectivity index (χ3n) is 3.37. The van der Waals surface area contributed by atoms with Crippen molar-refractivity contribution in [3.8, 4) is 0 Å². The molecule has 1 rings (SSSR count). The molecule has 1 aromatic heterocycles. The maximum Gasteiger partial charge on any atom is 0.231 e. The van der Waals surface area contributed by atoms with E-state index in [1.54, 1.807) is 0 Å². The first-order chi connectivity index (χ1) is 10.2. The van der Waals surface area contributed by atoms with Crippen LogP contribution in [0.25, 0.3) is 0 Å². The number of rotatable bonds is 10. The highest BCUT2D eigenvalue weighted by atomic mass is 16.2. The predicted octanol–water partition coefficient (Wildman–Crippen LogP) is 1.36. The van der Waals surface area contributed by atoms with E-state index in [0.29, 0.717) is 17.8 Å². The van der Waals surface area contributed by atoms with Crippen LogP contribution in [-0.2, 0) is 0 Å². The smallest absolute Gasteiger partial charge is 0.231 e. The second-order valence-corrected chi connectivity index (χ2v) is 4.89. The third-order valence-corrected chi connectivity index (χ3v) is 3.37. The van der Waals surface area contributed by atoms with Crippen LogP contribution in [0, 0.1) is 0 Å². The van der Waals surface area contributed by atoms with E-state index in [4.69, 9.17) is 5.11 Å². The van der Waals surface area contributed by atoms with Gasteiger partial charge in [-0.1, -0.05) is 0 Å². The van der Waals surface area contributed by atoms with Crippen molar-refractivity contribution in [1.29, 1.82) is 0 Å². The SMILES string of the molecule is CCN(CC)c1nc(NC)nc(N(C)CCCCCO)n1. The number of aliphatic hydroxyl groups is 1. The van der Waals surface area contributed by atoms with Crippen LogP contribution in [0.5, 0.6) is 0 Å². The van der Waals surface area contributed by atoms with Gasteiger partial charge in [0.1, 0.15) is 0 Å². The Bertz CT molecular complexity index is 410. The molecule has 120 valence electrons.